The summed E-state index contributed by atoms with van der Waals surface area (Å²) in [5.41, 5.74) is -0.756. The number of piperazine rings is 1. The molecule has 0 aliphatic carbocycles. The van der Waals surface area contributed by atoms with Gasteiger partial charge in [0, 0.05) is 38.6 Å². The molecule has 13 heteroatoms. The Kier molecular flexibility index (Phi) is 7.00. The van der Waals surface area contributed by atoms with Crippen LogP contribution in [0.5, 0.6) is 5.75 Å². The second kappa shape index (κ2) is 9.95. The lowest BCUT2D eigenvalue weighted by Crippen LogP contribution is -2.49. The number of ether oxygens (including phenoxy) is 2. The van der Waals surface area contributed by atoms with Gasteiger partial charge >= 0.3 is 6.18 Å². The summed E-state index contributed by atoms with van der Waals surface area (Å²) in [5, 5.41) is 6.06. The van der Waals surface area contributed by atoms with E-state index >= 15 is 0 Å². The number of hydrogen-bond donors (Lipinski definition) is 1. The fourth-order valence-electron chi connectivity index (χ4n) is 3.93. The molecule has 10 nitrogen and oxygen atoms in total. The van der Waals surface area contributed by atoms with Gasteiger partial charge in [-0.15, -0.1) is 0 Å². The Morgan fingerprint density at radius 2 is 1.82 bits per heavy atom. The lowest BCUT2D eigenvalue weighted by Gasteiger charge is -2.35. The number of rotatable bonds is 6. The van der Waals surface area contributed by atoms with Crippen LogP contribution in [0.2, 0.25) is 0 Å². The van der Waals surface area contributed by atoms with Gasteiger partial charge in [0.25, 0.3) is 5.56 Å². The van der Waals surface area contributed by atoms with E-state index in [0.717, 1.165) is 25.2 Å². The van der Waals surface area contributed by atoms with Gasteiger partial charge in [0.2, 0.25) is 11.9 Å². The zero-order chi connectivity index (χ0) is 24.3. The van der Waals surface area contributed by atoms with E-state index in [1.54, 1.807) is 16.7 Å². The number of alkyl halides is 3. The van der Waals surface area contributed by atoms with Crippen LogP contribution in [0.1, 0.15) is 30.4 Å². The third kappa shape index (κ3) is 5.64. The predicted octanol–water partition coefficient (Wildman–Crippen LogP) is 1.55. The fraction of sp³-hybridized carbons (Fsp3) is 0.571. The maximum absolute atomic E-state index is 12.7. The third-order valence-electron chi connectivity index (χ3n) is 5.96. The van der Waals surface area contributed by atoms with E-state index in [0.29, 0.717) is 37.5 Å². The average Bonchev–Trinajstić information content (AvgIpc) is 3.27. The number of anilines is 1. The van der Waals surface area contributed by atoms with Crippen molar-refractivity contribution < 1.29 is 27.4 Å². The first-order chi connectivity index (χ1) is 16.2. The fourth-order valence-corrected chi connectivity index (χ4v) is 3.93. The zero-order valence-corrected chi connectivity index (χ0v) is 18.5. The highest BCUT2D eigenvalue weighted by Crippen LogP contribution is 2.28. The van der Waals surface area contributed by atoms with E-state index in [1.807, 2.05) is 0 Å². The first-order valence-corrected chi connectivity index (χ1v) is 10.9. The number of H-pyrrole nitrogens is 1. The molecule has 2 fully saturated rings. The largest absolute Gasteiger partial charge is 0.489 e. The first-order valence-electron chi connectivity index (χ1n) is 10.9. The Morgan fingerprint density at radius 3 is 2.50 bits per heavy atom. The molecule has 34 heavy (non-hydrogen) atoms. The van der Waals surface area contributed by atoms with E-state index in [2.05, 4.69) is 20.2 Å². The first kappa shape index (κ1) is 23.9. The Labute approximate surface area is 193 Å². The summed E-state index contributed by atoms with van der Waals surface area (Å²) in [5.74, 6) is 0.587. The van der Waals surface area contributed by atoms with Crippen molar-refractivity contribution in [2.24, 2.45) is 0 Å². The van der Waals surface area contributed by atoms with Crippen LogP contribution in [-0.2, 0) is 15.7 Å². The van der Waals surface area contributed by atoms with Gasteiger partial charge in [0.15, 0.2) is 0 Å². The lowest BCUT2D eigenvalue weighted by molar-refractivity contribution is -0.138. The molecule has 2 saturated heterocycles. The van der Waals surface area contributed by atoms with Gasteiger partial charge in [-0.25, -0.2) is 15.1 Å². The molecule has 0 spiro atoms. The van der Waals surface area contributed by atoms with Crippen LogP contribution < -0.4 is 15.2 Å². The minimum atomic E-state index is -4.48. The monoisotopic (exact) mass is 482 g/mol. The van der Waals surface area contributed by atoms with E-state index in [9.17, 15) is 22.8 Å². The highest BCUT2D eigenvalue weighted by Gasteiger charge is 2.33. The van der Waals surface area contributed by atoms with Crippen LogP contribution in [0.15, 0.2) is 23.4 Å². The molecule has 184 valence electrons. The van der Waals surface area contributed by atoms with Gasteiger partial charge in [0.05, 0.1) is 36.0 Å². The Hall–Kier alpha value is -3.22. The summed E-state index contributed by atoms with van der Waals surface area (Å²) in [6, 6.07) is 0. The standard InChI is InChI=1S/C21H25F3N6O4/c1-13-17(11-27-28-19(13)32)33-12-16-3-2-15(34-16)8-18(31)29-4-6-30(7-5-29)20-25-9-14(10-26-20)21(22,23)24/h9-11,15-16H,2-8,12H2,1H3,(H,28,32)/t15-,16-/m1/s1. The van der Waals surface area contributed by atoms with Gasteiger partial charge in [-0.05, 0) is 19.8 Å². The molecule has 0 aromatic carbocycles. The molecule has 0 saturated carbocycles. The van der Waals surface area contributed by atoms with Crippen molar-refractivity contribution >= 4 is 11.9 Å². The molecule has 2 aliphatic heterocycles. The lowest BCUT2D eigenvalue weighted by atomic mass is 10.1. The number of hydrogen-bond acceptors (Lipinski definition) is 8. The zero-order valence-electron chi connectivity index (χ0n) is 18.5. The topological polar surface area (TPSA) is 114 Å². The van der Waals surface area contributed by atoms with Crippen LogP contribution in [0.3, 0.4) is 0 Å². The summed E-state index contributed by atoms with van der Waals surface area (Å²) in [4.78, 5) is 35.4. The van der Waals surface area contributed by atoms with Crippen LogP contribution >= 0.6 is 0 Å². The van der Waals surface area contributed by atoms with Crippen molar-refractivity contribution in [1.29, 1.82) is 0 Å². The summed E-state index contributed by atoms with van der Waals surface area (Å²) < 4.78 is 49.6. The van der Waals surface area contributed by atoms with Crippen molar-refractivity contribution in [2.75, 3.05) is 37.7 Å². The Bertz CT molecular complexity index is 1050. The van der Waals surface area contributed by atoms with E-state index in [1.165, 1.54) is 6.20 Å². The molecule has 0 unspecified atom stereocenters. The summed E-state index contributed by atoms with van der Waals surface area (Å²) in [7, 11) is 0. The van der Waals surface area contributed by atoms with Gasteiger partial charge in [-0.3, -0.25) is 9.59 Å². The van der Waals surface area contributed by atoms with Gasteiger partial charge in [-0.1, -0.05) is 0 Å². The smallest absolute Gasteiger partial charge is 0.419 e. The second-order valence-corrected chi connectivity index (χ2v) is 8.30. The van der Waals surface area contributed by atoms with Crippen LogP contribution in [0, 0.1) is 6.92 Å². The van der Waals surface area contributed by atoms with Crippen LogP contribution in [0.25, 0.3) is 0 Å². The van der Waals surface area contributed by atoms with E-state index < -0.39 is 11.7 Å². The third-order valence-corrected chi connectivity index (χ3v) is 5.96. The van der Waals surface area contributed by atoms with Crippen molar-refractivity contribution in [3.05, 3.63) is 40.1 Å². The number of aromatic amines is 1. The quantitative estimate of drug-likeness (QED) is 0.660. The molecular formula is C21H25F3N6O4. The molecule has 2 aromatic heterocycles. The SMILES string of the molecule is Cc1c(OC[C@H]2CC[C@H](CC(=O)N3CCN(c4ncc(C(F)(F)F)cn4)CC3)O2)cn[nH]c1=O. The molecule has 1 amide bonds. The van der Waals surface area contributed by atoms with Gasteiger partial charge < -0.3 is 19.3 Å². The number of nitrogens with one attached hydrogen (secondary N) is 1. The van der Waals surface area contributed by atoms with Crippen molar-refractivity contribution in [3.8, 4) is 5.75 Å². The number of halogens is 3. The molecule has 0 radical (unpaired) electrons. The summed E-state index contributed by atoms with van der Waals surface area (Å²) >= 11 is 0. The number of carbonyl (C=O) groups excluding carboxylic acids is 1. The Morgan fingerprint density at radius 1 is 1.15 bits per heavy atom. The van der Waals surface area contributed by atoms with Gasteiger partial charge in [0.1, 0.15) is 12.4 Å². The molecule has 4 rings (SSSR count). The van der Waals surface area contributed by atoms with E-state index in [-0.39, 0.29) is 42.7 Å². The molecule has 2 aromatic rings. The highest BCUT2D eigenvalue weighted by atomic mass is 19.4. The minimum Gasteiger partial charge on any atom is -0.489 e. The van der Waals surface area contributed by atoms with Gasteiger partial charge in [-0.2, -0.15) is 18.3 Å². The maximum Gasteiger partial charge on any atom is 0.419 e. The van der Waals surface area contributed by atoms with Crippen molar-refractivity contribution in [1.82, 2.24) is 25.1 Å². The van der Waals surface area contributed by atoms with Crippen LogP contribution in [-0.4, -0.2) is 76.0 Å². The molecular weight excluding hydrogens is 457 g/mol. The molecule has 1 N–H and O–H groups in total. The molecule has 4 heterocycles. The number of carbonyl (C=O) groups is 1. The van der Waals surface area contributed by atoms with Crippen LogP contribution in [0.4, 0.5) is 19.1 Å². The number of aromatic nitrogens is 4. The summed E-state index contributed by atoms with van der Waals surface area (Å²) in [6.07, 6.45) is -0.162. The highest BCUT2D eigenvalue weighted by molar-refractivity contribution is 5.77. The van der Waals surface area contributed by atoms with E-state index in [4.69, 9.17) is 9.47 Å². The Balaban J connectivity index is 1.21. The second-order valence-electron chi connectivity index (χ2n) is 8.30. The predicted molar refractivity (Wildman–Crippen MR) is 113 cm³/mol. The normalized spacial score (nSPS) is 21.1. The van der Waals surface area contributed by atoms with Crippen molar-refractivity contribution in [3.63, 3.8) is 0 Å². The maximum atomic E-state index is 12.7. The van der Waals surface area contributed by atoms with Crippen molar-refractivity contribution in [2.45, 2.75) is 44.6 Å². The summed E-state index contributed by atoms with van der Waals surface area (Å²) in [6.45, 7) is 3.64. The molecule has 2 atom stereocenters. The molecule has 0 bridgehead atoms. The number of amides is 1. The molecule has 2 aliphatic rings. The minimum absolute atomic E-state index is 0.0332. The number of nitrogens with zero attached hydrogens (tertiary/aromatic N) is 5. The average molecular weight is 482 g/mol.